The number of rotatable bonds is 8. The second kappa shape index (κ2) is 11.2. The first-order valence-electron chi connectivity index (χ1n) is 12.4. The molecule has 2 heterocycles. The van der Waals surface area contributed by atoms with E-state index in [9.17, 15) is 0 Å². The summed E-state index contributed by atoms with van der Waals surface area (Å²) in [7, 11) is 0. The molecule has 2 aliphatic rings. The summed E-state index contributed by atoms with van der Waals surface area (Å²) >= 11 is 1.97. The fourth-order valence-corrected chi connectivity index (χ4v) is 6.19. The Morgan fingerprint density at radius 1 is 0.727 bits per heavy atom. The van der Waals surface area contributed by atoms with Gasteiger partial charge in [0.2, 0.25) is 0 Å². The van der Waals surface area contributed by atoms with Gasteiger partial charge in [-0.3, -0.25) is 4.90 Å². The van der Waals surface area contributed by atoms with Crippen LogP contribution in [0.3, 0.4) is 0 Å². The number of hydrogen-bond donors (Lipinski definition) is 1. The van der Waals surface area contributed by atoms with Crippen LogP contribution in [0, 0.1) is 0 Å². The van der Waals surface area contributed by atoms with Crippen LogP contribution in [0.2, 0.25) is 0 Å². The number of benzene rings is 3. The minimum atomic E-state index is 0.304. The minimum absolute atomic E-state index is 0.304. The van der Waals surface area contributed by atoms with Gasteiger partial charge in [-0.1, -0.05) is 67.1 Å². The van der Waals surface area contributed by atoms with Crippen LogP contribution in [-0.2, 0) is 5.75 Å². The fourth-order valence-electron chi connectivity index (χ4n) is 5.09. The van der Waals surface area contributed by atoms with E-state index in [0.717, 1.165) is 25.4 Å². The Kier molecular flexibility index (Phi) is 7.67. The Morgan fingerprint density at radius 2 is 1.45 bits per heavy atom. The van der Waals surface area contributed by atoms with Gasteiger partial charge in [-0.15, -0.1) is 11.8 Å². The predicted molar refractivity (Wildman–Crippen MR) is 141 cm³/mol. The average molecular weight is 458 g/mol. The first-order chi connectivity index (χ1) is 16.4. The maximum absolute atomic E-state index is 3.90. The van der Waals surface area contributed by atoms with Crippen molar-refractivity contribution in [3.05, 3.63) is 95.6 Å². The number of anilines is 1. The van der Waals surface area contributed by atoms with Crippen LogP contribution in [0.25, 0.3) is 0 Å². The molecule has 1 N–H and O–H groups in total. The molecule has 0 aromatic heterocycles. The molecule has 5 rings (SSSR count). The van der Waals surface area contributed by atoms with Gasteiger partial charge in [0.25, 0.3) is 0 Å². The van der Waals surface area contributed by atoms with Crippen molar-refractivity contribution in [3.8, 4) is 0 Å². The van der Waals surface area contributed by atoms with Gasteiger partial charge >= 0.3 is 0 Å². The van der Waals surface area contributed by atoms with E-state index < -0.39 is 0 Å². The average Bonchev–Trinajstić information content (AvgIpc) is 3.04. The molecule has 0 radical (unpaired) electrons. The smallest absolute Gasteiger partial charge is 0.0590 e. The summed E-state index contributed by atoms with van der Waals surface area (Å²) in [4.78, 5) is 6.57. The molecule has 0 saturated carbocycles. The molecule has 3 nitrogen and oxygen atoms in total. The van der Waals surface area contributed by atoms with E-state index >= 15 is 0 Å². The van der Waals surface area contributed by atoms with Crippen molar-refractivity contribution in [2.45, 2.75) is 36.0 Å². The zero-order chi connectivity index (χ0) is 22.3. The molecule has 1 fully saturated rings. The van der Waals surface area contributed by atoms with E-state index in [2.05, 4.69) is 94.0 Å². The predicted octanol–water partition coefficient (Wildman–Crippen LogP) is 5.96. The van der Waals surface area contributed by atoms with Crippen LogP contribution < -0.4 is 10.2 Å². The lowest BCUT2D eigenvalue weighted by Gasteiger charge is -2.36. The Balaban J connectivity index is 1.07. The van der Waals surface area contributed by atoms with Gasteiger partial charge in [-0.05, 0) is 60.8 Å². The molecule has 3 aromatic carbocycles. The molecule has 0 amide bonds. The van der Waals surface area contributed by atoms with Gasteiger partial charge in [0.15, 0.2) is 0 Å². The zero-order valence-electron chi connectivity index (χ0n) is 19.5. The quantitative estimate of drug-likeness (QED) is 0.420. The number of thioether (sulfide) groups is 1. The first kappa shape index (κ1) is 22.5. The number of fused-ring (bicyclic) bond motifs is 2. The second-order valence-electron chi connectivity index (χ2n) is 9.14. The van der Waals surface area contributed by atoms with Crippen molar-refractivity contribution in [1.82, 2.24) is 10.2 Å². The van der Waals surface area contributed by atoms with Crippen molar-refractivity contribution >= 4 is 17.4 Å². The third kappa shape index (κ3) is 5.63. The van der Waals surface area contributed by atoms with E-state index in [1.165, 1.54) is 66.2 Å². The Labute approximate surface area is 203 Å². The summed E-state index contributed by atoms with van der Waals surface area (Å²) in [6.45, 7) is 6.95. The summed E-state index contributed by atoms with van der Waals surface area (Å²) in [6, 6.07) is 29.0. The normalized spacial score (nSPS) is 18.4. The molecule has 1 atom stereocenters. The van der Waals surface area contributed by atoms with Crippen LogP contribution in [0.1, 0.15) is 42.0 Å². The van der Waals surface area contributed by atoms with Gasteiger partial charge in [-0.2, -0.15) is 0 Å². The Hall–Kier alpha value is -2.27. The lowest BCUT2D eigenvalue weighted by molar-refractivity contribution is 0.252. The second-order valence-corrected chi connectivity index (χ2v) is 10.2. The van der Waals surface area contributed by atoms with Crippen LogP contribution in [-0.4, -0.2) is 44.2 Å². The van der Waals surface area contributed by atoms with E-state index in [0.29, 0.717) is 6.04 Å². The molecule has 1 saturated heterocycles. The first-order valence-corrected chi connectivity index (χ1v) is 13.4. The highest BCUT2D eigenvalue weighted by Crippen LogP contribution is 2.39. The topological polar surface area (TPSA) is 18.5 Å². The molecule has 33 heavy (non-hydrogen) atoms. The van der Waals surface area contributed by atoms with Crippen LogP contribution in [0.15, 0.2) is 83.8 Å². The van der Waals surface area contributed by atoms with Crippen molar-refractivity contribution in [1.29, 1.82) is 0 Å². The molecule has 172 valence electrons. The van der Waals surface area contributed by atoms with Crippen LogP contribution in [0.4, 0.5) is 5.69 Å². The van der Waals surface area contributed by atoms with E-state index in [1.54, 1.807) is 0 Å². The van der Waals surface area contributed by atoms with Gasteiger partial charge < -0.3 is 10.2 Å². The fraction of sp³-hybridized carbons (Fsp3) is 0.379. The number of piperazine rings is 1. The van der Waals surface area contributed by atoms with Gasteiger partial charge in [0.05, 0.1) is 6.04 Å². The van der Waals surface area contributed by atoms with Crippen molar-refractivity contribution in [2.75, 3.05) is 44.2 Å². The Morgan fingerprint density at radius 3 is 2.30 bits per heavy atom. The SMILES string of the molecule is c1ccc(N2CCN(CCCCCNC3c4ccccc4CSc4ccccc43)CC2)cc1. The lowest BCUT2D eigenvalue weighted by Crippen LogP contribution is -2.46. The standard InChI is InChI=1S/C29H35N3S/c1-3-12-25(13-4-1)32-21-19-31(20-22-32)18-10-2-9-17-30-29-26-14-6-5-11-24(26)23-33-28-16-8-7-15-27(28)29/h1,3-8,11-16,29-30H,2,9-10,17-23H2. The maximum Gasteiger partial charge on any atom is 0.0590 e. The molecular formula is C29H35N3S. The number of para-hydroxylation sites is 1. The molecule has 0 spiro atoms. The van der Waals surface area contributed by atoms with Gasteiger partial charge in [0, 0.05) is 42.5 Å². The largest absolute Gasteiger partial charge is 0.369 e. The minimum Gasteiger partial charge on any atom is -0.369 e. The van der Waals surface area contributed by atoms with E-state index in [-0.39, 0.29) is 0 Å². The van der Waals surface area contributed by atoms with Crippen LogP contribution in [0.5, 0.6) is 0 Å². The molecule has 0 aliphatic carbocycles. The number of nitrogens with one attached hydrogen (secondary N) is 1. The molecule has 0 bridgehead atoms. The van der Waals surface area contributed by atoms with E-state index in [4.69, 9.17) is 0 Å². The highest BCUT2D eigenvalue weighted by molar-refractivity contribution is 7.98. The highest BCUT2D eigenvalue weighted by atomic mass is 32.2. The maximum atomic E-state index is 3.90. The third-order valence-electron chi connectivity index (χ3n) is 6.97. The Bertz CT molecular complexity index is 967. The summed E-state index contributed by atoms with van der Waals surface area (Å²) < 4.78 is 0. The summed E-state index contributed by atoms with van der Waals surface area (Å²) in [5, 5.41) is 3.90. The number of unbranched alkanes of at least 4 members (excludes halogenated alkanes) is 2. The van der Waals surface area contributed by atoms with Gasteiger partial charge in [0.1, 0.15) is 0 Å². The number of nitrogens with zero attached hydrogens (tertiary/aromatic N) is 2. The number of hydrogen-bond acceptors (Lipinski definition) is 4. The van der Waals surface area contributed by atoms with E-state index in [1.807, 2.05) is 11.8 Å². The van der Waals surface area contributed by atoms with Crippen LogP contribution >= 0.6 is 11.8 Å². The molecular weight excluding hydrogens is 422 g/mol. The molecule has 3 aromatic rings. The zero-order valence-corrected chi connectivity index (χ0v) is 20.3. The third-order valence-corrected chi connectivity index (χ3v) is 8.11. The molecule has 1 unspecified atom stereocenters. The lowest BCUT2D eigenvalue weighted by atomic mass is 9.95. The summed E-state index contributed by atoms with van der Waals surface area (Å²) in [5.41, 5.74) is 5.71. The van der Waals surface area contributed by atoms with Gasteiger partial charge in [-0.25, -0.2) is 0 Å². The summed E-state index contributed by atoms with van der Waals surface area (Å²) in [6.07, 6.45) is 3.81. The summed E-state index contributed by atoms with van der Waals surface area (Å²) in [5.74, 6) is 1.06. The van der Waals surface area contributed by atoms with Crippen molar-refractivity contribution in [2.24, 2.45) is 0 Å². The van der Waals surface area contributed by atoms with Crippen molar-refractivity contribution in [3.63, 3.8) is 0 Å². The van der Waals surface area contributed by atoms with Crippen molar-refractivity contribution < 1.29 is 0 Å². The molecule has 4 heteroatoms. The highest BCUT2D eigenvalue weighted by Gasteiger charge is 2.23. The monoisotopic (exact) mass is 457 g/mol. The molecule has 2 aliphatic heterocycles.